The smallest absolute Gasteiger partial charge is 0.226 e. The fraction of sp³-hybridized carbons (Fsp3) is 0.643. The molecule has 0 aliphatic heterocycles. The normalized spacial score (nSPS) is 16.1. The van der Waals surface area contributed by atoms with Crippen molar-refractivity contribution in [3.05, 3.63) is 24.2 Å². The molecule has 1 fully saturated rings. The quantitative estimate of drug-likeness (QED) is 0.780. The van der Waals surface area contributed by atoms with Crippen LogP contribution < -0.4 is 0 Å². The van der Waals surface area contributed by atoms with Gasteiger partial charge in [0.2, 0.25) is 5.91 Å². The molecular formula is C14H21NO3. The van der Waals surface area contributed by atoms with Gasteiger partial charge < -0.3 is 14.1 Å². The highest BCUT2D eigenvalue weighted by Gasteiger charge is 2.27. The summed E-state index contributed by atoms with van der Waals surface area (Å²) in [7, 11) is 1.66. The van der Waals surface area contributed by atoms with Crippen molar-refractivity contribution in [3.8, 4) is 0 Å². The van der Waals surface area contributed by atoms with Crippen molar-refractivity contribution >= 4 is 5.91 Å². The zero-order valence-corrected chi connectivity index (χ0v) is 10.9. The van der Waals surface area contributed by atoms with Gasteiger partial charge in [0.15, 0.2) is 0 Å². The summed E-state index contributed by atoms with van der Waals surface area (Å²) < 4.78 is 10.4. The highest BCUT2D eigenvalue weighted by Crippen LogP contribution is 2.27. The van der Waals surface area contributed by atoms with Gasteiger partial charge in [0.1, 0.15) is 5.76 Å². The van der Waals surface area contributed by atoms with Gasteiger partial charge in [-0.25, -0.2) is 0 Å². The van der Waals surface area contributed by atoms with E-state index in [4.69, 9.17) is 9.15 Å². The van der Waals surface area contributed by atoms with Gasteiger partial charge in [-0.1, -0.05) is 12.8 Å². The fourth-order valence-electron chi connectivity index (χ4n) is 2.49. The maximum Gasteiger partial charge on any atom is 0.226 e. The highest BCUT2D eigenvalue weighted by atomic mass is 16.5. The molecule has 0 bridgehead atoms. The van der Waals surface area contributed by atoms with Crippen LogP contribution in [0.5, 0.6) is 0 Å². The topological polar surface area (TPSA) is 42.7 Å². The molecule has 0 unspecified atom stereocenters. The summed E-state index contributed by atoms with van der Waals surface area (Å²) in [6, 6.07) is 3.76. The molecule has 0 atom stereocenters. The third kappa shape index (κ3) is 3.35. The minimum atomic E-state index is 0.205. The maximum atomic E-state index is 12.4. The second-order valence-corrected chi connectivity index (χ2v) is 4.81. The number of amides is 1. The number of carbonyl (C=O) groups excluding carboxylic acids is 1. The predicted octanol–water partition coefficient (Wildman–Crippen LogP) is 2.44. The average Bonchev–Trinajstić information content (AvgIpc) is 3.06. The number of hydrogen-bond donors (Lipinski definition) is 0. The van der Waals surface area contributed by atoms with Gasteiger partial charge in [-0.05, 0) is 25.0 Å². The van der Waals surface area contributed by atoms with Crippen LogP contribution in [0.2, 0.25) is 0 Å². The molecule has 1 saturated carbocycles. The predicted molar refractivity (Wildman–Crippen MR) is 68.0 cm³/mol. The maximum absolute atomic E-state index is 12.4. The van der Waals surface area contributed by atoms with Crippen molar-refractivity contribution in [1.82, 2.24) is 4.90 Å². The van der Waals surface area contributed by atoms with Crippen LogP contribution in [0, 0.1) is 5.92 Å². The lowest BCUT2D eigenvalue weighted by Crippen LogP contribution is -2.37. The fourth-order valence-corrected chi connectivity index (χ4v) is 2.49. The summed E-state index contributed by atoms with van der Waals surface area (Å²) in [6.45, 7) is 1.75. The Morgan fingerprint density at radius 3 is 2.89 bits per heavy atom. The van der Waals surface area contributed by atoms with E-state index >= 15 is 0 Å². The summed E-state index contributed by atoms with van der Waals surface area (Å²) in [6.07, 6.45) is 6.05. The average molecular weight is 251 g/mol. The first-order valence-corrected chi connectivity index (χ1v) is 6.61. The summed E-state index contributed by atoms with van der Waals surface area (Å²) in [5.41, 5.74) is 0. The Labute approximate surface area is 108 Å². The Hall–Kier alpha value is -1.29. The minimum Gasteiger partial charge on any atom is -0.467 e. The number of methoxy groups -OCH3 is 1. The molecular weight excluding hydrogens is 230 g/mol. The van der Waals surface area contributed by atoms with Crippen LogP contribution in [-0.4, -0.2) is 31.1 Å². The van der Waals surface area contributed by atoms with E-state index in [9.17, 15) is 4.79 Å². The van der Waals surface area contributed by atoms with Gasteiger partial charge in [0, 0.05) is 19.6 Å². The molecule has 1 aromatic heterocycles. The molecule has 18 heavy (non-hydrogen) atoms. The van der Waals surface area contributed by atoms with Gasteiger partial charge in [0.25, 0.3) is 0 Å². The molecule has 0 aromatic carbocycles. The van der Waals surface area contributed by atoms with Gasteiger partial charge >= 0.3 is 0 Å². The van der Waals surface area contributed by atoms with Crippen molar-refractivity contribution < 1.29 is 13.9 Å². The molecule has 1 aromatic rings. The first-order chi connectivity index (χ1) is 8.81. The van der Waals surface area contributed by atoms with Crippen LogP contribution in [-0.2, 0) is 16.1 Å². The lowest BCUT2D eigenvalue weighted by molar-refractivity contribution is -0.136. The third-order valence-corrected chi connectivity index (χ3v) is 3.51. The molecule has 1 amide bonds. The van der Waals surface area contributed by atoms with E-state index < -0.39 is 0 Å². The molecule has 1 aliphatic carbocycles. The van der Waals surface area contributed by atoms with Crippen molar-refractivity contribution in [2.45, 2.75) is 32.2 Å². The Bertz CT molecular complexity index is 355. The summed E-state index contributed by atoms with van der Waals surface area (Å²) in [5, 5.41) is 0. The highest BCUT2D eigenvalue weighted by molar-refractivity contribution is 5.79. The van der Waals surface area contributed by atoms with Gasteiger partial charge in [-0.2, -0.15) is 0 Å². The first-order valence-electron chi connectivity index (χ1n) is 6.61. The minimum absolute atomic E-state index is 0.205. The molecule has 4 heteroatoms. The van der Waals surface area contributed by atoms with Crippen molar-refractivity contribution in [2.24, 2.45) is 5.92 Å². The number of furan rings is 1. The van der Waals surface area contributed by atoms with E-state index in [1.165, 1.54) is 12.8 Å². The van der Waals surface area contributed by atoms with Crippen LogP contribution in [0.15, 0.2) is 22.8 Å². The Kier molecular flexibility index (Phi) is 4.81. The largest absolute Gasteiger partial charge is 0.467 e. The zero-order valence-electron chi connectivity index (χ0n) is 10.9. The number of ether oxygens (including phenoxy) is 1. The van der Waals surface area contributed by atoms with Crippen LogP contribution in [0.25, 0.3) is 0 Å². The third-order valence-electron chi connectivity index (χ3n) is 3.51. The van der Waals surface area contributed by atoms with Crippen molar-refractivity contribution in [1.29, 1.82) is 0 Å². The second-order valence-electron chi connectivity index (χ2n) is 4.81. The van der Waals surface area contributed by atoms with E-state index in [0.717, 1.165) is 18.6 Å². The molecule has 0 N–H and O–H groups in total. The Morgan fingerprint density at radius 2 is 2.28 bits per heavy atom. The van der Waals surface area contributed by atoms with E-state index in [0.29, 0.717) is 19.7 Å². The molecule has 1 aliphatic rings. The standard InChI is InChI=1S/C14H21NO3/c1-17-10-8-15(11-13-7-4-9-18-13)14(16)12-5-2-3-6-12/h4,7,9,12H,2-3,5-6,8,10-11H2,1H3. The summed E-state index contributed by atoms with van der Waals surface area (Å²) in [4.78, 5) is 14.3. The lowest BCUT2D eigenvalue weighted by atomic mass is 10.1. The summed E-state index contributed by atoms with van der Waals surface area (Å²) >= 11 is 0. The van der Waals surface area contributed by atoms with E-state index in [1.807, 2.05) is 17.0 Å². The monoisotopic (exact) mass is 251 g/mol. The zero-order chi connectivity index (χ0) is 12.8. The molecule has 2 rings (SSSR count). The molecule has 4 nitrogen and oxygen atoms in total. The Morgan fingerprint density at radius 1 is 1.50 bits per heavy atom. The van der Waals surface area contributed by atoms with E-state index in [2.05, 4.69) is 0 Å². The van der Waals surface area contributed by atoms with E-state index in [-0.39, 0.29) is 11.8 Å². The number of carbonyl (C=O) groups is 1. The van der Waals surface area contributed by atoms with Crippen molar-refractivity contribution in [3.63, 3.8) is 0 Å². The molecule has 0 saturated heterocycles. The van der Waals surface area contributed by atoms with Crippen LogP contribution in [0.3, 0.4) is 0 Å². The van der Waals surface area contributed by atoms with Gasteiger partial charge in [-0.15, -0.1) is 0 Å². The van der Waals surface area contributed by atoms with Crippen molar-refractivity contribution in [2.75, 3.05) is 20.3 Å². The number of rotatable bonds is 6. The molecule has 100 valence electrons. The Balaban J connectivity index is 1.96. The van der Waals surface area contributed by atoms with E-state index in [1.54, 1.807) is 13.4 Å². The number of nitrogens with zero attached hydrogens (tertiary/aromatic N) is 1. The van der Waals surface area contributed by atoms with Crippen LogP contribution >= 0.6 is 0 Å². The number of hydrogen-bond acceptors (Lipinski definition) is 3. The van der Waals surface area contributed by atoms with Crippen LogP contribution in [0.1, 0.15) is 31.4 Å². The molecule has 0 spiro atoms. The summed E-state index contributed by atoms with van der Waals surface area (Å²) in [5.74, 6) is 1.29. The van der Waals surface area contributed by atoms with Gasteiger partial charge in [-0.3, -0.25) is 4.79 Å². The molecule has 1 heterocycles. The second kappa shape index (κ2) is 6.59. The lowest BCUT2D eigenvalue weighted by Gasteiger charge is -2.24. The van der Waals surface area contributed by atoms with Gasteiger partial charge in [0.05, 0.1) is 19.4 Å². The SMILES string of the molecule is COCCN(Cc1ccco1)C(=O)C1CCCC1. The first kappa shape index (κ1) is 13.1. The molecule has 0 radical (unpaired) electrons. The van der Waals surface area contributed by atoms with Crippen LogP contribution in [0.4, 0.5) is 0 Å².